The second kappa shape index (κ2) is 6.47. The van der Waals surface area contributed by atoms with Crippen molar-refractivity contribution in [3.8, 4) is 0 Å². The van der Waals surface area contributed by atoms with Gasteiger partial charge < -0.3 is 10.6 Å². The van der Waals surface area contributed by atoms with Gasteiger partial charge in [-0.2, -0.15) is 23.3 Å². The molecule has 0 aliphatic rings. The smallest absolute Gasteiger partial charge is 0.372 e. The second-order valence-corrected chi connectivity index (χ2v) is 6.25. The van der Waals surface area contributed by atoms with Gasteiger partial charge in [0.15, 0.2) is 0 Å². The van der Waals surface area contributed by atoms with Gasteiger partial charge in [-0.3, -0.25) is 4.68 Å². The van der Waals surface area contributed by atoms with Crippen molar-refractivity contribution in [2.75, 3.05) is 17.7 Å². The van der Waals surface area contributed by atoms with Crippen LogP contribution in [-0.2, 0) is 13.2 Å². The molecular weight excluding hydrogens is 345 g/mol. The highest BCUT2D eigenvalue weighted by molar-refractivity contribution is 5.93. The van der Waals surface area contributed by atoms with Gasteiger partial charge in [0.05, 0.1) is 17.4 Å². The second-order valence-electron chi connectivity index (χ2n) is 6.25. The van der Waals surface area contributed by atoms with E-state index >= 15 is 0 Å². The molecular formula is C17H19F3N6. The van der Waals surface area contributed by atoms with E-state index in [1.165, 1.54) is 7.05 Å². The maximum absolute atomic E-state index is 13.0. The molecule has 138 valence electrons. The topological polar surface area (TPSA) is 67.7 Å². The molecule has 0 unspecified atom stereocenters. The SMILES string of the molecule is CNc1nc(Nc2cc(C(C)C)cc3c2cnn3C)ncc1C(F)(F)F. The van der Waals surface area contributed by atoms with Crippen LogP contribution >= 0.6 is 0 Å². The monoisotopic (exact) mass is 364 g/mol. The van der Waals surface area contributed by atoms with Crippen LogP contribution in [0, 0.1) is 0 Å². The van der Waals surface area contributed by atoms with Crippen molar-refractivity contribution in [1.82, 2.24) is 19.7 Å². The van der Waals surface area contributed by atoms with E-state index in [0.29, 0.717) is 5.69 Å². The van der Waals surface area contributed by atoms with E-state index in [-0.39, 0.29) is 17.7 Å². The molecule has 0 aliphatic heterocycles. The molecule has 1 aromatic carbocycles. The Balaban J connectivity index is 2.06. The van der Waals surface area contributed by atoms with E-state index < -0.39 is 11.7 Å². The van der Waals surface area contributed by atoms with Crippen LogP contribution in [0.4, 0.5) is 30.6 Å². The lowest BCUT2D eigenvalue weighted by molar-refractivity contribution is -0.137. The quantitative estimate of drug-likeness (QED) is 0.723. The largest absolute Gasteiger partial charge is 0.421 e. The predicted octanol–water partition coefficient (Wildman–Crippen LogP) is 4.29. The number of fused-ring (bicyclic) bond motifs is 1. The van der Waals surface area contributed by atoms with Crippen LogP contribution in [-0.4, -0.2) is 26.8 Å². The van der Waals surface area contributed by atoms with Gasteiger partial charge in [-0.15, -0.1) is 0 Å². The maximum Gasteiger partial charge on any atom is 0.421 e. The molecule has 0 atom stereocenters. The number of aromatic nitrogens is 4. The summed E-state index contributed by atoms with van der Waals surface area (Å²) in [6.45, 7) is 4.13. The molecule has 2 heterocycles. The first-order valence-electron chi connectivity index (χ1n) is 8.05. The Morgan fingerprint density at radius 2 is 1.88 bits per heavy atom. The molecule has 26 heavy (non-hydrogen) atoms. The average Bonchev–Trinajstić information content (AvgIpc) is 2.95. The Morgan fingerprint density at radius 1 is 1.15 bits per heavy atom. The lowest BCUT2D eigenvalue weighted by Gasteiger charge is -2.14. The first kappa shape index (κ1) is 18.0. The molecule has 0 saturated heterocycles. The summed E-state index contributed by atoms with van der Waals surface area (Å²) in [5.41, 5.74) is 1.78. The number of nitrogens with one attached hydrogen (secondary N) is 2. The van der Waals surface area contributed by atoms with Gasteiger partial charge in [-0.1, -0.05) is 13.8 Å². The van der Waals surface area contributed by atoms with Crippen LogP contribution in [0.25, 0.3) is 10.9 Å². The number of benzene rings is 1. The number of aryl methyl sites for hydroxylation is 1. The zero-order chi connectivity index (χ0) is 19.1. The van der Waals surface area contributed by atoms with Crippen LogP contribution in [0.5, 0.6) is 0 Å². The summed E-state index contributed by atoms with van der Waals surface area (Å²) in [5.74, 6) is 0.0714. The molecule has 0 amide bonds. The average molecular weight is 364 g/mol. The van der Waals surface area contributed by atoms with E-state index in [1.807, 2.05) is 19.2 Å². The van der Waals surface area contributed by atoms with Crippen LogP contribution < -0.4 is 10.6 Å². The fraction of sp³-hybridized carbons (Fsp3) is 0.353. The summed E-state index contributed by atoms with van der Waals surface area (Å²) < 4.78 is 40.7. The highest BCUT2D eigenvalue weighted by Crippen LogP contribution is 2.35. The minimum Gasteiger partial charge on any atom is -0.372 e. The Hall–Kier alpha value is -2.84. The standard InChI is InChI=1S/C17H19F3N6/c1-9(2)10-5-13(11-7-23-26(4)14(11)6-10)24-16-22-8-12(17(18,19)20)15(21-3)25-16/h5-9H,1-4H3,(H2,21,22,24,25). The number of anilines is 3. The maximum atomic E-state index is 13.0. The summed E-state index contributed by atoms with van der Waals surface area (Å²) in [6.07, 6.45) is -2.05. The first-order chi connectivity index (χ1) is 12.2. The van der Waals surface area contributed by atoms with Crippen molar-refractivity contribution < 1.29 is 13.2 Å². The minimum absolute atomic E-state index is 0.0772. The van der Waals surface area contributed by atoms with E-state index in [0.717, 1.165) is 22.7 Å². The molecule has 0 spiro atoms. The molecule has 3 rings (SSSR count). The molecule has 6 nitrogen and oxygen atoms in total. The Morgan fingerprint density at radius 3 is 2.50 bits per heavy atom. The van der Waals surface area contributed by atoms with Crippen LogP contribution in [0.3, 0.4) is 0 Å². The summed E-state index contributed by atoms with van der Waals surface area (Å²) in [6, 6.07) is 3.99. The van der Waals surface area contributed by atoms with Gasteiger partial charge in [0.25, 0.3) is 0 Å². The van der Waals surface area contributed by atoms with Crippen LogP contribution in [0.15, 0.2) is 24.5 Å². The van der Waals surface area contributed by atoms with Crippen molar-refractivity contribution in [3.05, 3.63) is 35.7 Å². The lowest BCUT2D eigenvalue weighted by atomic mass is 10.0. The Labute approximate surface area is 148 Å². The normalized spacial score (nSPS) is 12.0. The molecule has 0 saturated carbocycles. The third kappa shape index (κ3) is 3.29. The van der Waals surface area contributed by atoms with Gasteiger partial charge >= 0.3 is 6.18 Å². The number of rotatable bonds is 4. The van der Waals surface area contributed by atoms with Crippen molar-refractivity contribution in [2.45, 2.75) is 25.9 Å². The molecule has 2 aromatic heterocycles. The molecule has 0 radical (unpaired) electrons. The van der Waals surface area contributed by atoms with Gasteiger partial charge in [0.2, 0.25) is 5.95 Å². The fourth-order valence-corrected chi connectivity index (χ4v) is 2.67. The molecule has 9 heteroatoms. The zero-order valence-corrected chi connectivity index (χ0v) is 14.8. The third-order valence-electron chi connectivity index (χ3n) is 4.13. The molecule has 3 aromatic rings. The number of nitrogens with zero attached hydrogens (tertiary/aromatic N) is 4. The van der Waals surface area contributed by atoms with Gasteiger partial charge in [-0.25, -0.2) is 4.98 Å². The molecule has 0 bridgehead atoms. The van der Waals surface area contributed by atoms with Crippen molar-refractivity contribution in [2.24, 2.45) is 7.05 Å². The highest BCUT2D eigenvalue weighted by Gasteiger charge is 2.35. The van der Waals surface area contributed by atoms with Crippen molar-refractivity contribution in [3.63, 3.8) is 0 Å². The highest BCUT2D eigenvalue weighted by atomic mass is 19.4. The van der Waals surface area contributed by atoms with Gasteiger partial charge in [0, 0.05) is 25.7 Å². The third-order valence-corrected chi connectivity index (χ3v) is 4.13. The zero-order valence-electron chi connectivity index (χ0n) is 14.8. The summed E-state index contributed by atoms with van der Waals surface area (Å²) in [4.78, 5) is 7.79. The minimum atomic E-state index is -4.52. The van der Waals surface area contributed by atoms with E-state index in [2.05, 4.69) is 39.5 Å². The number of halogens is 3. The van der Waals surface area contributed by atoms with E-state index in [1.54, 1.807) is 10.9 Å². The lowest BCUT2D eigenvalue weighted by Crippen LogP contribution is -2.12. The summed E-state index contributed by atoms with van der Waals surface area (Å²) in [5, 5.41) is 10.6. The predicted molar refractivity (Wildman–Crippen MR) is 94.7 cm³/mol. The molecule has 2 N–H and O–H groups in total. The van der Waals surface area contributed by atoms with Crippen LogP contribution in [0.2, 0.25) is 0 Å². The first-order valence-corrected chi connectivity index (χ1v) is 8.05. The Bertz CT molecular complexity index is 946. The van der Waals surface area contributed by atoms with Crippen LogP contribution in [0.1, 0.15) is 30.9 Å². The van der Waals surface area contributed by atoms with Gasteiger partial charge in [-0.05, 0) is 23.6 Å². The van der Waals surface area contributed by atoms with E-state index in [4.69, 9.17) is 0 Å². The van der Waals surface area contributed by atoms with Crippen molar-refractivity contribution >= 4 is 28.4 Å². The van der Waals surface area contributed by atoms with Crippen molar-refractivity contribution in [1.29, 1.82) is 0 Å². The number of hydrogen-bond acceptors (Lipinski definition) is 5. The molecule has 0 aliphatic carbocycles. The fourth-order valence-electron chi connectivity index (χ4n) is 2.67. The Kier molecular flexibility index (Phi) is 4.47. The summed E-state index contributed by atoms with van der Waals surface area (Å²) in [7, 11) is 3.23. The number of hydrogen-bond donors (Lipinski definition) is 2. The van der Waals surface area contributed by atoms with Gasteiger partial charge in [0.1, 0.15) is 11.4 Å². The van der Waals surface area contributed by atoms with E-state index in [9.17, 15) is 13.2 Å². The molecule has 0 fully saturated rings. The summed E-state index contributed by atoms with van der Waals surface area (Å²) >= 11 is 0. The number of alkyl halides is 3.